The molecular formula is C18H26N2O2. The second kappa shape index (κ2) is 6.95. The third-order valence-corrected chi connectivity index (χ3v) is 4.56. The molecule has 0 aliphatic carbocycles. The minimum atomic E-state index is -0.686. The number of benzene rings is 1. The molecule has 1 aromatic rings. The van der Waals surface area contributed by atoms with Gasteiger partial charge in [0.2, 0.25) is 11.8 Å². The van der Waals surface area contributed by atoms with Crippen molar-refractivity contribution >= 4 is 17.5 Å². The first-order chi connectivity index (χ1) is 10.5. The highest BCUT2D eigenvalue weighted by Crippen LogP contribution is 2.41. The van der Waals surface area contributed by atoms with E-state index in [-0.39, 0.29) is 11.8 Å². The first-order valence-corrected chi connectivity index (χ1v) is 8.26. The van der Waals surface area contributed by atoms with Gasteiger partial charge in [0.15, 0.2) is 0 Å². The summed E-state index contributed by atoms with van der Waals surface area (Å²) in [4.78, 5) is 26.9. The van der Waals surface area contributed by atoms with E-state index in [2.05, 4.69) is 13.8 Å². The van der Waals surface area contributed by atoms with Crippen LogP contribution in [0.1, 0.15) is 57.9 Å². The smallest absolute Gasteiger partial charge is 0.240 e. The molecule has 2 amide bonds. The lowest BCUT2D eigenvalue weighted by Gasteiger charge is -2.27. The Morgan fingerprint density at radius 1 is 1.09 bits per heavy atom. The van der Waals surface area contributed by atoms with Crippen molar-refractivity contribution in [3.63, 3.8) is 0 Å². The van der Waals surface area contributed by atoms with Crippen molar-refractivity contribution in [3.8, 4) is 0 Å². The molecule has 0 spiro atoms. The Kier molecular flexibility index (Phi) is 5.22. The van der Waals surface area contributed by atoms with E-state index in [0.717, 1.165) is 37.7 Å². The van der Waals surface area contributed by atoms with Gasteiger partial charge in [-0.1, -0.05) is 45.2 Å². The third-order valence-electron chi connectivity index (χ3n) is 4.56. The molecule has 1 unspecified atom stereocenters. The fourth-order valence-corrected chi connectivity index (χ4v) is 3.19. The molecule has 2 N–H and O–H groups in total. The lowest BCUT2D eigenvalue weighted by Crippen LogP contribution is -2.39. The van der Waals surface area contributed by atoms with E-state index in [9.17, 15) is 9.59 Å². The molecule has 4 nitrogen and oxygen atoms in total. The van der Waals surface area contributed by atoms with E-state index < -0.39 is 5.41 Å². The molecule has 0 radical (unpaired) electrons. The van der Waals surface area contributed by atoms with Gasteiger partial charge in [-0.15, -0.1) is 0 Å². The van der Waals surface area contributed by atoms with Crippen molar-refractivity contribution in [3.05, 3.63) is 29.8 Å². The molecule has 1 aliphatic heterocycles. The quantitative estimate of drug-likeness (QED) is 0.621. The van der Waals surface area contributed by atoms with E-state index in [1.165, 1.54) is 4.90 Å². The second-order valence-electron chi connectivity index (χ2n) is 6.19. The third kappa shape index (κ3) is 3.01. The lowest BCUT2D eigenvalue weighted by atomic mass is 9.75. The number of nitrogens with zero attached hydrogens (tertiary/aromatic N) is 1. The van der Waals surface area contributed by atoms with Crippen LogP contribution in [-0.4, -0.2) is 23.3 Å². The van der Waals surface area contributed by atoms with Crippen LogP contribution in [0.2, 0.25) is 0 Å². The van der Waals surface area contributed by atoms with Gasteiger partial charge < -0.3 is 5.73 Å². The van der Waals surface area contributed by atoms with Crippen LogP contribution in [0.3, 0.4) is 0 Å². The number of nitrogen functional groups attached to an aromatic ring is 1. The SMILES string of the molecule is CCCCN1C(=O)CC(CCCC)(c2ccc(N)cc2)C1=O. The predicted octanol–water partition coefficient (Wildman–Crippen LogP) is 3.26. The van der Waals surface area contributed by atoms with E-state index in [1.54, 1.807) is 0 Å². The van der Waals surface area contributed by atoms with Crippen LogP contribution in [-0.2, 0) is 15.0 Å². The van der Waals surface area contributed by atoms with Gasteiger partial charge in [0.25, 0.3) is 0 Å². The number of imide groups is 1. The Bertz CT molecular complexity index is 539. The lowest BCUT2D eigenvalue weighted by molar-refractivity contribution is -0.140. The number of unbranched alkanes of at least 4 members (excludes halogenated alkanes) is 2. The van der Waals surface area contributed by atoms with Crippen molar-refractivity contribution in [1.29, 1.82) is 0 Å². The van der Waals surface area contributed by atoms with Crippen LogP contribution in [0.5, 0.6) is 0 Å². The summed E-state index contributed by atoms with van der Waals surface area (Å²) in [5.41, 5.74) is 6.67. The minimum absolute atomic E-state index is 0.0239. The van der Waals surface area contributed by atoms with Gasteiger partial charge >= 0.3 is 0 Å². The van der Waals surface area contributed by atoms with Crippen molar-refractivity contribution < 1.29 is 9.59 Å². The Labute approximate surface area is 132 Å². The summed E-state index contributed by atoms with van der Waals surface area (Å²) in [6, 6.07) is 7.43. The number of likely N-dealkylation sites (tertiary alicyclic amines) is 1. The Morgan fingerprint density at radius 3 is 2.32 bits per heavy atom. The number of carbonyl (C=O) groups excluding carboxylic acids is 2. The molecule has 1 fully saturated rings. The number of nitrogens with two attached hydrogens (primary N) is 1. The van der Waals surface area contributed by atoms with Crippen LogP contribution in [0.25, 0.3) is 0 Å². The topological polar surface area (TPSA) is 63.4 Å². The Morgan fingerprint density at radius 2 is 1.73 bits per heavy atom. The maximum atomic E-state index is 13.0. The molecule has 1 aliphatic rings. The first kappa shape index (κ1) is 16.5. The molecule has 120 valence electrons. The number of hydrogen-bond donors (Lipinski definition) is 1. The van der Waals surface area contributed by atoms with E-state index in [0.29, 0.717) is 18.7 Å². The number of hydrogen-bond acceptors (Lipinski definition) is 3. The zero-order chi connectivity index (χ0) is 16.2. The summed E-state index contributed by atoms with van der Waals surface area (Å²) in [7, 11) is 0. The Hall–Kier alpha value is -1.84. The molecule has 22 heavy (non-hydrogen) atoms. The summed E-state index contributed by atoms with van der Waals surface area (Å²) < 4.78 is 0. The van der Waals surface area contributed by atoms with E-state index >= 15 is 0 Å². The highest BCUT2D eigenvalue weighted by molar-refractivity contribution is 6.09. The van der Waals surface area contributed by atoms with Crippen LogP contribution in [0, 0.1) is 0 Å². The second-order valence-corrected chi connectivity index (χ2v) is 6.19. The molecule has 0 aromatic heterocycles. The standard InChI is InChI=1S/C18H26N2O2/c1-3-5-11-18(14-7-9-15(19)10-8-14)13-16(21)20(17(18)22)12-6-4-2/h7-10H,3-6,11-13,19H2,1-2H3. The summed E-state index contributed by atoms with van der Waals surface area (Å²) in [6.07, 6.45) is 4.79. The van der Waals surface area contributed by atoms with Crippen LogP contribution >= 0.6 is 0 Å². The maximum Gasteiger partial charge on any atom is 0.240 e. The molecule has 0 saturated carbocycles. The predicted molar refractivity (Wildman–Crippen MR) is 88.3 cm³/mol. The number of anilines is 1. The number of carbonyl (C=O) groups is 2. The zero-order valence-electron chi connectivity index (χ0n) is 13.6. The highest BCUT2D eigenvalue weighted by atomic mass is 16.2. The van der Waals surface area contributed by atoms with Crippen LogP contribution in [0.4, 0.5) is 5.69 Å². The van der Waals surface area contributed by atoms with Crippen LogP contribution < -0.4 is 5.73 Å². The summed E-state index contributed by atoms with van der Waals surface area (Å²) in [5, 5.41) is 0. The van der Waals surface area contributed by atoms with Crippen molar-refractivity contribution in [2.45, 2.75) is 57.8 Å². The average Bonchev–Trinajstić information content (AvgIpc) is 2.75. The molecular weight excluding hydrogens is 276 g/mol. The first-order valence-electron chi connectivity index (χ1n) is 8.26. The van der Waals surface area contributed by atoms with Crippen LogP contribution in [0.15, 0.2) is 24.3 Å². The highest BCUT2D eigenvalue weighted by Gasteiger charge is 2.51. The molecule has 1 atom stereocenters. The summed E-state index contributed by atoms with van der Waals surface area (Å²) >= 11 is 0. The molecule has 2 rings (SSSR count). The zero-order valence-corrected chi connectivity index (χ0v) is 13.6. The van der Waals surface area contributed by atoms with Gasteiger partial charge in [0.05, 0.1) is 5.41 Å². The van der Waals surface area contributed by atoms with Gasteiger partial charge in [0, 0.05) is 18.7 Å². The number of rotatable bonds is 7. The molecule has 1 heterocycles. The van der Waals surface area contributed by atoms with Gasteiger partial charge in [-0.05, 0) is 30.5 Å². The maximum absolute atomic E-state index is 13.0. The monoisotopic (exact) mass is 302 g/mol. The van der Waals surface area contributed by atoms with Gasteiger partial charge in [-0.3, -0.25) is 14.5 Å². The largest absolute Gasteiger partial charge is 0.399 e. The minimum Gasteiger partial charge on any atom is -0.399 e. The van der Waals surface area contributed by atoms with Gasteiger partial charge in [-0.25, -0.2) is 0 Å². The average molecular weight is 302 g/mol. The van der Waals surface area contributed by atoms with E-state index in [1.807, 2.05) is 24.3 Å². The van der Waals surface area contributed by atoms with Gasteiger partial charge in [0.1, 0.15) is 0 Å². The van der Waals surface area contributed by atoms with Crippen molar-refractivity contribution in [1.82, 2.24) is 4.90 Å². The fourth-order valence-electron chi connectivity index (χ4n) is 3.19. The van der Waals surface area contributed by atoms with Gasteiger partial charge in [-0.2, -0.15) is 0 Å². The summed E-state index contributed by atoms with van der Waals surface area (Å²) in [6.45, 7) is 4.71. The fraction of sp³-hybridized carbons (Fsp3) is 0.556. The Balaban J connectivity index is 2.35. The normalized spacial score (nSPS) is 21.6. The summed E-state index contributed by atoms with van der Waals surface area (Å²) in [5.74, 6) is -0.0597. The van der Waals surface area contributed by atoms with Crippen molar-refractivity contribution in [2.75, 3.05) is 12.3 Å². The molecule has 1 saturated heterocycles. The van der Waals surface area contributed by atoms with Crippen molar-refractivity contribution in [2.24, 2.45) is 0 Å². The van der Waals surface area contributed by atoms with E-state index in [4.69, 9.17) is 5.73 Å². The number of amides is 2. The molecule has 0 bridgehead atoms. The molecule has 4 heteroatoms. The molecule has 1 aromatic carbocycles.